The maximum absolute atomic E-state index is 10.9. The van der Waals surface area contributed by atoms with E-state index in [1.54, 1.807) is 31.2 Å². The third kappa shape index (κ3) is 6.03. The Bertz CT molecular complexity index is 445. The normalized spacial score (nSPS) is 12.1. The number of carboxylic acids is 1. The standard InChI is InChI=1S/C14H17NO2/c1-4-6-7-8-9-11(3)10-12(14(16)17)13(15)5-2/h4-5,7-10H,3,15H2,1-2H3,(H,16,17)/b9-8-,12-10+,13-5+. The van der Waals surface area contributed by atoms with Gasteiger partial charge in [-0.15, -0.1) is 5.73 Å². The summed E-state index contributed by atoms with van der Waals surface area (Å²) in [6.07, 6.45) is 9.85. The first kappa shape index (κ1) is 14.8. The topological polar surface area (TPSA) is 63.3 Å². The van der Waals surface area contributed by atoms with Crippen LogP contribution in [-0.2, 0) is 4.79 Å². The molecule has 0 radical (unpaired) electrons. The van der Waals surface area contributed by atoms with Gasteiger partial charge in [0, 0.05) is 5.70 Å². The molecule has 0 aromatic rings. The van der Waals surface area contributed by atoms with Crippen LogP contribution in [0, 0.1) is 0 Å². The van der Waals surface area contributed by atoms with Crippen molar-refractivity contribution in [3.05, 3.63) is 65.6 Å². The quantitative estimate of drug-likeness (QED) is 0.434. The van der Waals surface area contributed by atoms with Crippen LogP contribution in [0.4, 0.5) is 0 Å². The van der Waals surface area contributed by atoms with Gasteiger partial charge in [0.15, 0.2) is 0 Å². The molecule has 0 atom stereocenters. The zero-order chi connectivity index (χ0) is 13.3. The predicted octanol–water partition coefficient (Wildman–Crippen LogP) is 2.70. The first-order valence-corrected chi connectivity index (χ1v) is 5.12. The molecule has 0 fully saturated rings. The fourth-order valence-corrected chi connectivity index (χ4v) is 0.981. The molecule has 0 aliphatic rings. The zero-order valence-corrected chi connectivity index (χ0v) is 10.1. The van der Waals surface area contributed by atoms with Crippen molar-refractivity contribution in [1.29, 1.82) is 0 Å². The van der Waals surface area contributed by atoms with Gasteiger partial charge in [-0.25, -0.2) is 4.79 Å². The smallest absolute Gasteiger partial charge is 0.337 e. The molecule has 0 unspecified atom stereocenters. The summed E-state index contributed by atoms with van der Waals surface area (Å²) in [7, 11) is 0. The van der Waals surface area contributed by atoms with Crippen LogP contribution < -0.4 is 5.73 Å². The van der Waals surface area contributed by atoms with E-state index >= 15 is 0 Å². The lowest BCUT2D eigenvalue weighted by atomic mass is 10.1. The highest BCUT2D eigenvalue weighted by molar-refractivity contribution is 5.92. The molecule has 0 saturated carbocycles. The third-order valence-corrected chi connectivity index (χ3v) is 1.85. The summed E-state index contributed by atoms with van der Waals surface area (Å²) in [6.45, 7) is 7.26. The van der Waals surface area contributed by atoms with E-state index in [2.05, 4.69) is 12.3 Å². The molecule has 3 heteroatoms. The summed E-state index contributed by atoms with van der Waals surface area (Å²) >= 11 is 0. The third-order valence-electron chi connectivity index (χ3n) is 1.85. The van der Waals surface area contributed by atoms with Gasteiger partial charge in [0.2, 0.25) is 0 Å². The van der Waals surface area contributed by atoms with Crippen molar-refractivity contribution in [2.45, 2.75) is 13.8 Å². The van der Waals surface area contributed by atoms with Gasteiger partial charge < -0.3 is 10.8 Å². The zero-order valence-electron chi connectivity index (χ0n) is 10.1. The lowest BCUT2D eigenvalue weighted by molar-refractivity contribution is -0.132. The molecular formula is C14H17NO2. The van der Waals surface area contributed by atoms with E-state index in [0.29, 0.717) is 5.57 Å². The summed E-state index contributed by atoms with van der Waals surface area (Å²) in [5.74, 6) is -1.07. The lowest BCUT2D eigenvalue weighted by Crippen LogP contribution is -2.10. The van der Waals surface area contributed by atoms with Crippen LogP contribution in [0.5, 0.6) is 0 Å². The van der Waals surface area contributed by atoms with Crippen LogP contribution in [0.3, 0.4) is 0 Å². The molecule has 0 aromatic heterocycles. The van der Waals surface area contributed by atoms with Gasteiger partial charge in [-0.05, 0) is 37.6 Å². The average molecular weight is 231 g/mol. The summed E-state index contributed by atoms with van der Waals surface area (Å²) < 4.78 is 0. The van der Waals surface area contributed by atoms with Gasteiger partial charge in [0.1, 0.15) is 0 Å². The first-order chi connectivity index (χ1) is 8.02. The van der Waals surface area contributed by atoms with E-state index in [4.69, 9.17) is 10.8 Å². The highest BCUT2D eigenvalue weighted by atomic mass is 16.4. The molecule has 0 rings (SSSR count). The minimum absolute atomic E-state index is 0.0390. The number of hydrogen-bond donors (Lipinski definition) is 2. The molecule has 0 aliphatic carbocycles. The molecule has 3 N–H and O–H groups in total. The van der Waals surface area contributed by atoms with Crippen LogP contribution in [-0.4, -0.2) is 11.1 Å². The van der Waals surface area contributed by atoms with Crippen LogP contribution in [0.2, 0.25) is 0 Å². The Morgan fingerprint density at radius 2 is 2.06 bits per heavy atom. The maximum atomic E-state index is 10.9. The van der Waals surface area contributed by atoms with E-state index < -0.39 is 5.97 Å². The summed E-state index contributed by atoms with van der Waals surface area (Å²) in [5, 5.41) is 8.95. The summed E-state index contributed by atoms with van der Waals surface area (Å²) in [4.78, 5) is 10.9. The molecule has 0 bridgehead atoms. The van der Waals surface area contributed by atoms with Crippen LogP contribution >= 0.6 is 0 Å². The number of carboxylic acid groups (broad SMARTS) is 1. The van der Waals surface area contributed by atoms with E-state index in [1.165, 1.54) is 12.2 Å². The van der Waals surface area contributed by atoms with E-state index in [9.17, 15) is 4.79 Å². The van der Waals surface area contributed by atoms with E-state index in [1.807, 2.05) is 6.92 Å². The molecule has 3 nitrogen and oxygen atoms in total. The molecule has 0 aliphatic heterocycles. The Balaban J connectivity index is 4.97. The van der Waals surface area contributed by atoms with Crippen molar-refractivity contribution in [2.24, 2.45) is 5.73 Å². The monoisotopic (exact) mass is 231 g/mol. The van der Waals surface area contributed by atoms with Crippen LogP contribution in [0.15, 0.2) is 65.6 Å². The van der Waals surface area contributed by atoms with Crippen LogP contribution in [0.25, 0.3) is 0 Å². The van der Waals surface area contributed by atoms with Crippen molar-refractivity contribution < 1.29 is 9.90 Å². The molecule has 0 spiro atoms. The van der Waals surface area contributed by atoms with E-state index in [-0.39, 0.29) is 11.3 Å². The van der Waals surface area contributed by atoms with Crippen LogP contribution in [0.1, 0.15) is 13.8 Å². The molecule has 0 heterocycles. The minimum Gasteiger partial charge on any atom is -0.478 e. The van der Waals surface area contributed by atoms with Crippen molar-refractivity contribution in [3.63, 3.8) is 0 Å². The Morgan fingerprint density at radius 1 is 1.41 bits per heavy atom. The Hall–Kier alpha value is -2.25. The van der Waals surface area contributed by atoms with Gasteiger partial charge in [-0.1, -0.05) is 24.8 Å². The fourth-order valence-electron chi connectivity index (χ4n) is 0.981. The Morgan fingerprint density at radius 3 is 2.53 bits per heavy atom. The summed E-state index contributed by atoms with van der Waals surface area (Å²) in [6, 6.07) is 0. The molecule has 90 valence electrons. The highest BCUT2D eigenvalue weighted by Gasteiger charge is 2.08. The SMILES string of the molecule is C=C(/C=C\C=C=CC)/C=C(C(=O)O)\C(N)=C/C. The number of carbonyl (C=O) groups is 1. The molecule has 0 amide bonds. The van der Waals surface area contributed by atoms with Gasteiger partial charge in [0.25, 0.3) is 0 Å². The van der Waals surface area contributed by atoms with Crippen molar-refractivity contribution >= 4 is 5.97 Å². The van der Waals surface area contributed by atoms with Crippen molar-refractivity contribution in [3.8, 4) is 0 Å². The Labute approximate surface area is 102 Å². The van der Waals surface area contributed by atoms with Gasteiger partial charge in [0.05, 0.1) is 5.57 Å². The van der Waals surface area contributed by atoms with Crippen molar-refractivity contribution in [1.82, 2.24) is 0 Å². The molecule has 0 aromatic carbocycles. The molecular weight excluding hydrogens is 214 g/mol. The second-order valence-corrected chi connectivity index (χ2v) is 3.16. The summed E-state index contributed by atoms with van der Waals surface area (Å²) in [5.41, 5.74) is 9.24. The fraction of sp³-hybridized carbons (Fsp3) is 0.143. The maximum Gasteiger partial charge on any atom is 0.337 e. The Kier molecular flexibility index (Phi) is 6.91. The number of nitrogens with two attached hydrogens (primary N) is 1. The first-order valence-electron chi connectivity index (χ1n) is 5.12. The molecule has 0 saturated heterocycles. The number of rotatable bonds is 5. The predicted molar refractivity (Wildman–Crippen MR) is 70.3 cm³/mol. The lowest BCUT2D eigenvalue weighted by Gasteiger charge is -2.01. The number of hydrogen-bond acceptors (Lipinski definition) is 2. The van der Waals surface area contributed by atoms with Crippen molar-refractivity contribution in [2.75, 3.05) is 0 Å². The highest BCUT2D eigenvalue weighted by Crippen LogP contribution is 2.09. The largest absolute Gasteiger partial charge is 0.478 e. The number of allylic oxidation sites excluding steroid dienone is 6. The van der Waals surface area contributed by atoms with E-state index in [0.717, 1.165) is 0 Å². The second-order valence-electron chi connectivity index (χ2n) is 3.16. The molecule has 17 heavy (non-hydrogen) atoms. The number of aliphatic carboxylic acids is 1. The minimum atomic E-state index is -1.07. The average Bonchev–Trinajstić information content (AvgIpc) is 2.30. The van der Waals surface area contributed by atoms with Gasteiger partial charge in [-0.3, -0.25) is 0 Å². The van der Waals surface area contributed by atoms with Gasteiger partial charge in [-0.2, -0.15) is 0 Å². The van der Waals surface area contributed by atoms with Gasteiger partial charge >= 0.3 is 5.97 Å². The second kappa shape index (κ2) is 7.97.